The molecule has 0 fully saturated rings. The zero-order valence-electron chi connectivity index (χ0n) is 20.9. The third-order valence-electron chi connectivity index (χ3n) is 6.08. The molecule has 10 nitrogen and oxygen atoms in total. The van der Waals surface area contributed by atoms with E-state index in [4.69, 9.17) is 5.73 Å². The second-order valence-electron chi connectivity index (χ2n) is 9.21. The Kier molecular flexibility index (Phi) is 9.39. The van der Waals surface area contributed by atoms with Crippen molar-refractivity contribution in [3.63, 3.8) is 0 Å². The molecule has 0 spiro atoms. The number of carbonyl (C=O) groups is 4. The summed E-state index contributed by atoms with van der Waals surface area (Å²) in [5, 5.41) is 18.4. The van der Waals surface area contributed by atoms with Crippen molar-refractivity contribution in [1.82, 2.24) is 20.9 Å². The van der Waals surface area contributed by atoms with E-state index in [1.165, 1.54) is 0 Å². The summed E-state index contributed by atoms with van der Waals surface area (Å²) in [7, 11) is 0. The van der Waals surface area contributed by atoms with Gasteiger partial charge in [0.2, 0.25) is 17.7 Å². The Hall–Kier alpha value is -4.18. The van der Waals surface area contributed by atoms with Crippen LogP contribution in [0, 0.1) is 5.92 Å². The van der Waals surface area contributed by atoms with Gasteiger partial charge in [-0.3, -0.25) is 14.4 Å². The molecule has 3 aromatic rings. The van der Waals surface area contributed by atoms with Crippen molar-refractivity contribution in [2.75, 3.05) is 6.54 Å². The minimum Gasteiger partial charge on any atom is -0.480 e. The van der Waals surface area contributed by atoms with Gasteiger partial charge in [0.1, 0.15) is 18.1 Å². The quantitative estimate of drug-likeness (QED) is 0.215. The fourth-order valence-corrected chi connectivity index (χ4v) is 4.08. The minimum atomic E-state index is -1.17. The summed E-state index contributed by atoms with van der Waals surface area (Å²) in [5.74, 6) is -3.27. The Morgan fingerprint density at radius 1 is 0.865 bits per heavy atom. The molecule has 0 aliphatic carbocycles. The van der Waals surface area contributed by atoms with E-state index in [1.807, 2.05) is 54.6 Å². The number of aromatic amines is 1. The van der Waals surface area contributed by atoms with Gasteiger partial charge in [0.15, 0.2) is 0 Å². The van der Waals surface area contributed by atoms with Crippen LogP contribution in [-0.4, -0.2) is 58.5 Å². The monoisotopic (exact) mass is 507 g/mol. The maximum atomic E-state index is 13.4. The lowest BCUT2D eigenvalue weighted by molar-refractivity contribution is -0.143. The van der Waals surface area contributed by atoms with Gasteiger partial charge in [0.05, 0.1) is 6.54 Å². The maximum Gasteiger partial charge on any atom is 0.326 e. The molecule has 1 heterocycles. The second-order valence-corrected chi connectivity index (χ2v) is 9.21. The molecule has 0 saturated carbocycles. The fraction of sp³-hybridized carbons (Fsp3) is 0.333. The van der Waals surface area contributed by atoms with E-state index >= 15 is 0 Å². The number of nitrogens with two attached hydrogens (primary N) is 1. The highest BCUT2D eigenvalue weighted by molar-refractivity contribution is 5.94. The first-order chi connectivity index (χ1) is 17.7. The largest absolute Gasteiger partial charge is 0.480 e. The van der Waals surface area contributed by atoms with E-state index < -0.39 is 41.8 Å². The Balaban J connectivity index is 1.88. The number of fused-ring (bicyclic) bond motifs is 1. The number of aromatic nitrogens is 1. The number of nitrogens with one attached hydrogen (secondary N) is 4. The number of aliphatic carboxylic acids is 1. The Morgan fingerprint density at radius 2 is 1.49 bits per heavy atom. The molecule has 3 amide bonds. The van der Waals surface area contributed by atoms with Crippen molar-refractivity contribution in [2.24, 2.45) is 11.7 Å². The van der Waals surface area contributed by atoms with Crippen molar-refractivity contribution < 1.29 is 24.3 Å². The highest BCUT2D eigenvalue weighted by atomic mass is 16.4. The van der Waals surface area contributed by atoms with Crippen molar-refractivity contribution in [2.45, 2.75) is 44.8 Å². The lowest BCUT2D eigenvalue weighted by Gasteiger charge is -2.25. The predicted octanol–water partition coefficient (Wildman–Crippen LogP) is 1.11. The SMILES string of the molecule is CC(C)[C@H](NC(=O)[C@H](Cc1c[nH]c2ccccc12)NC(=O)[C@H](Cc1ccccc1)NC(=O)CN)C(=O)O. The van der Waals surface area contributed by atoms with Gasteiger partial charge in [-0.1, -0.05) is 62.4 Å². The molecule has 0 radical (unpaired) electrons. The first-order valence-corrected chi connectivity index (χ1v) is 12.1. The van der Waals surface area contributed by atoms with E-state index in [0.717, 1.165) is 22.0 Å². The van der Waals surface area contributed by atoms with Gasteiger partial charge in [-0.05, 0) is 23.1 Å². The van der Waals surface area contributed by atoms with E-state index in [0.29, 0.717) is 0 Å². The molecule has 0 aliphatic heterocycles. The first kappa shape index (κ1) is 27.4. The summed E-state index contributed by atoms with van der Waals surface area (Å²) in [6, 6.07) is 13.4. The van der Waals surface area contributed by atoms with Crippen molar-refractivity contribution >= 4 is 34.6 Å². The van der Waals surface area contributed by atoms with Crippen LogP contribution in [0.15, 0.2) is 60.8 Å². The molecule has 3 rings (SSSR count). The minimum absolute atomic E-state index is 0.106. The Bertz CT molecular complexity index is 1240. The van der Waals surface area contributed by atoms with Crippen LogP contribution < -0.4 is 21.7 Å². The molecular formula is C27H33N5O5. The molecular weight excluding hydrogens is 474 g/mol. The molecule has 3 atom stereocenters. The summed E-state index contributed by atoms with van der Waals surface area (Å²) in [4.78, 5) is 53.6. The van der Waals surface area contributed by atoms with Gasteiger partial charge in [0, 0.05) is 29.9 Å². The number of rotatable bonds is 12. The van der Waals surface area contributed by atoms with E-state index in [2.05, 4.69) is 20.9 Å². The van der Waals surface area contributed by atoms with E-state index in [1.54, 1.807) is 20.0 Å². The molecule has 10 heteroatoms. The molecule has 0 unspecified atom stereocenters. The topological polar surface area (TPSA) is 166 Å². The number of carboxylic acid groups (broad SMARTS) is 1. The van der Waals surface area contributed by atoms with Crippen LogP contribution in [0.1, 0.15) is 25.0 Å². The van der Waals surface area contributed by atoms with Crippen molar-refractivity contribution in [3.8, 4) is 0 Å². The first-order valence-electron chi connectivity index (χ1n) is 12.1. The third-order valence-corrected chi connectivity index (χ3v) is 6.08. The van der Waals surface area contributed by atoms with Crippen LogP contribution in [-0.2, 0) is 32.0 Å². The van der Waals surface area contributed by atoms with Crippen LogP contribution in [0.5, 0.6) is 0 Å². The summed E-state index contributed by atoms with van der Waals surface area (Å²) < 4.78 is 0. The van der Waals surface area contributed by atoms with Gasteiger partial charge in [-0.15, -0.1) is 0 Å². The van der Waals surface area contributed by atoms with Crippen LogP contribution in [0.3, 0.4) is 0 Å². The number of benzene rings is 2. The zero-order valence-corrected chi connectivity index (χ0v) is 20.9. The summed E-state index contributed by atoms with van der Waals surface area (Å²) in [6.07, 6.45) is 2.05. The molecule has 1 aromatic heterocycles. The molecule has 0 bridgehead atoms. The molecule has 2 aromatic carbocycles. The highest BCUT2D eigenvalue weighted by Crippen LogP contribution is 2.19. The summed E-state index contributed by atoms with van der Waals surface area (Å²) >= 11 is 0. The molecule has 0 aliphatic rings. The predicted molar refractivity (Wildman–Crippen MR) is 139 cm³/mol. The average molecular weight is 508 g/mol. The van der Waals surface area contributed by atoms with Crippen molar-refractivity contribution in [1.29, 1.82) is 0 Å². The van der Waals surface area contributed by atoms with Gasteiger partial charge in [0.25, 0.3) is 0 Å². The van der Waals surface area contributed by atoms with E-state index in [-0.39, 0.29) is 25.3 Å². The van der Waals surface area contributed by atoms with Crippen LogP contribution >= 0.6 is 0 Å². The number of amides is 3. The number of para-hydroxylation sites is 1. The van der Waals surface area contributed by atoms with Gasteiger partial charge in [-0.2, -0.15) is 0 Å². The number of hydrogen-bond acceptors (Lipinski definition) is 5. The smallest absolute Gasteiger partial charge is 0.326 e. The lowest BCUT2D eigenvalue weighted by atomic mass is 10.00. The van der Waals surface area contributed by atoms with Crippen molar-refractivity contribution in [3.05, 3.63) is 71.9 Å². The lowest BCUT2D eigenvalue weighted by Crippen LogP contribution is -2.57. The van der Waals surface area contributed by atoms with Gasteiger partial charge in [-0.25, -0.2) is 4.79 Å². The standard InChI is InChI=1S/C27H33N5O5/c1-16(2)24(27(36)37)32-26(35)22(13-18-15-29-20-11-7-6-10-19(18)20)31-25(34)21(30-23(33)14-28)12-17-8-4-3-5-9-17/h3-11,15-16,21-22,24,29H,12-14,28H2,1-2H3,(H,30,33)(H,31,34)(H,32,35)(H,36,37)/t21-,22-,24-/m0/s1. The molecule has 7 N–H and O–H groups in total. The fourth-order valence-electron chi connectivity index (χ4n) is 4.08. The van der Waals surface area contributed by atoms with Crippen LogP contribution in [0.2, 0.25) is 0 Å². The number of carbonyl (C=O) groups excluding carboxylic acids is 3. The average Bonchev–Trinajstić information content (AvgIpc) is 3.29. The number of hydrogen-bond donors (Lipinski definition) is 6. The van der Waals surface area contributed by atoms with E-state index in [9.17, 15) is 24.3 Å². The Labute approximate surface area is 215 Å². The maximum absolute atomic E-state index is 13.4. The van der Waals surface area contributed by atoms with Crippen LogP contribution in [0.25, 0.3) is 10.9 Å². The third kappa shape index (κ3) is 7.40. The highest BCUT2D eigenvalue weighted by Gasteiger charge is 2.31. The second kappa shape index (κ2) is 12.7. The summed E-state index contributed by atoms with van der Waals surface area (Å²) in [5.41, 5.74) is 7.90. The normalized spacial score (nSPS) is 13.5. The number of H-pyrrole nitrogens is 1. The summed E-state index contributed by atoms with van der Waals surface area (Å²) in [6.45, 7) is 3.07. The zero-order chi connectivity index (χ0) is 26.9. The van der Waals surface area contributed by atoms with Gasteiger partial charge < -0.3 is 31.8 Å². The molecule has 196 valence electrons. The van der Waals surface area contributed by atoms with Crippen LogP contribution in [0.4, 0.5) is 0 Å². The number of carboxylic acids is 1. The molecule has 37 heavy (non-hydrogen) atoms. The van der Waals surface area contributed by atoms with Gasteiger partial charge >= 0.3 is 5.97 Å². The molecule has 0 saturated heterocycles. The Morgan fingerprint density at radius 3 is 2.14 bits per heavy atom.